The fraction of sp³-hybridized carbons (Fsp3) is 0.786. The molecule has 0 saturated heterocycles. The van der Waals surface area contributed by atoms with E-state index in [1.54, 1.807) is 11.3 Å². The van der Waals surface area contributed by atoms with Crippen LogP contribution in [-0.2, 0) is 0 Å². The zero-order chi connectivity index (χ0) is 12.8. The van der Waals surface area contributed by atoms with Crippen molar-refractivity contribution in [1.82, 2.24) is 10.3 Å². The molecule has 0 saturated carbocycles. The van der Waals surface area contributed by atoms with Crippen LogP contribution in [0.5, 0.6) is 0 Å². The third-order valence-electron chi connectivity index (χ3n) is 3.37. The Morgan fingerprint density at radius 3 is 2.47 bits per heavy atom. The summed E-state index contributed by atoms with van der Waals surface area (Å²) in [5.74, 6) is 0.803. The van der Waals surface area contributed by atoms with Crippen molar-refractivity contribution in [2.24, 2.45) is 5.92 Å². The Bertz CT molecular complexity index is 322. The molecule has 98 valence electrons. The van der Waals surface area contributed by atoms with Crippen molar-refractivity contribution in [3.05, 3.63) is 16.1 Å². The predicted octanol–water partition coefficient (Wildman–Crippen LogP) is 4.32. The largest absolute Gasteiger partial charge is 0.305 e. The highest BCUT2D eigenvalue weighted by molar-refractivity contribution is 7.09. The van der Waals surface area contributed by atoms with Gasteiger partial charge in [0, 0.05) is 17.1 Å². The van der Waals surface area contributed by atoms with E-state index in [9.17, 15) is 0 Å². The molecule has 0 aliphatic carbocycles. The first kappa shape index (κ1) is 14.7. The van der Waals surface area contributed by atoms with Gasteiger partial charge in [0.05, 0.1) is 6.04 Å². The van der Waals surface area contributed by atoms with Gasteiger partial charge in [-0.25, -0.2) is 4.98 Å². The maximum absolute atomic E-state index is 4.55. The lowest BCUT2D eigenvalue weighted by Gasteiger charge is -2.23. The summed E-state index contributed by atoms with van der Waals surface area (Å²) < 4.78 is 0. The molecular formula is C14H26N2S. The maximum atomic E-state index is 4.55. The fourth-order valence-corrected chi connectivity index (χ4v) is 2.81. The molecule has 3 atom stereocenters. The van der Waals surface area contributed by atoms with E-state index in [4.69, 9.17) is 0 Å². The van der Waals surface area contributed by atoms with E-state index in [2.05, 4.69) is 50.3 Å². The van der Waals surface area contributed by atoms with Gasteiger partial charge in [-0.15, -0.1) is 11.3 Å². The third-order valence-corrected chi connectivity index (χ3v) is 4.51. The lowest BCUT2D eigenvalue weighted by Crippen LogP contribution is -2.32. The van der Waals surface area contributed by atoms with Crippen LogP contribution < -0.4 is 5.32 Å². The molecule has 2 nitrogen and oxygen atoms in total. The molecule has 0 radical (unpaired) electrons. The molecular weight excluding hydrogens is 228 g/mol. The summed E-state index contributed by atoms with van der Waals surface area (Å²) in [5, 5.41) is 7.05. The molecule has 1 rings (SSSR count). The first-order valence-corrected chi connectivity index (χ1v) is 7.62. The number of rotatable bonds is 7. The molecule has 0 aromatic carbocycles. The standard InChI is InChI=1S/C14H26N2S/c1-6-10(3)8-13(7-2)16-12(5)14-15-11(4)9-17-14/h9-10,12-13,16H,6-8H2,1-5H3. The van der Waals surface area contributed by atoms with E-state index < -0.39 is 0 Å². The molecule has 0 bridgehead atoms. The van der Waals surface area contributed by atoms with E-state index in [-0.39, 0.29) is 0 Å². The molecule has 0 aliphatic heterocycles. The Labute approximate surface area is 110 Å². The highest BCUT2D eigenvalue weighted by Crippen LogP contribution is 2.20. The van der Waals surface area contributed by atoms with Crippen LogP contribution in [0.3, 0.4) is 0 Å². The number of hydrogen-bond acceptors (Lipinski definition) is 3. The Hall–Kier alpha value is -0.410. The Balaban J connectivity index is 2.50. The molecule has 17 heavy (non-hydrogen) atoms. The van der Waals surface area contributed by atoms with E-state index in [1.807, 2.05) is 0 Å². The summed E-state index contributed by atoms with van der Waals surface area (Å²) in [6.45, 7) is 11.1. The lowest BCUT2D eigenvalue weighted by atomic mass is 9.97. The van der Waals surface area contributed by atoms with Crippen molar-refractivity contribution in [3.63, 3.8) is 0 Å². The van der Waals surface area contributed by atoms with Gasteiger partial charge in [0.25, 0.3) is 0 Å². The molecule has 3 heteroatoms. The SMILES string of the molecule is CCC(C)CC(CC)NC(C)c1nc(C)cs1. The van der Waals surface area contributed by atoms with Gasteiger partial charge in [0.2, 0.25) is 0 Å². The van der Waals surface area contributed by atoms with Crippen LogP contribution in [0.25, 0.3) is 0 Å². The summed E-state index contributed by atoms with van der Waals surface area (Å²) in [4.78, 5) is 4.55. The van der Waals surface area contributed by atoms with Gasteiger partial charge in [-0.1, -0.05) is 27.2 Å². The minimum atomic E-state index is 0.378. The number of nitrogens with zero attached hydrogens (tertiary/aromatic N) is 1. The highest BCUT2D eigenvalue weighted by Gasteiger charge is 2.16. The summed E-state index contributed by atoms with van der Waals surface area (Å²) in [5.41, 5.74) is 1.13. The van der Waals surface area contributed by atoms with Crippen LogP contribution in [0.2, 0.25) is 0 Å². The van der Waals surface area contributed by atoms with Crippen LogP contribution in [-0.4, -0.2) is 11.0 Å². The Kier molecular flexibility index (Phi) is 6.14. The number of nitrogens with one attached hydrogen (secondary N) is 1. The average Bonchev–Trinajstić information content (AvgIpc) is 2.74. The molecule has 1 aromatic heterocycles. The van der Waals surface area contributed by atoms with Crippen molar-refractivity contribution in [3.8, 4) is 0 Å². The van der Waals surface area contributed by atoms with Gasteiger partial charge in [0.15, 0.2) is 0 Å². The minimum absolute atomic E-state index is 0.378. The van der Waals surface area contributed by atoms with Crippen molar-refractivity contribution in [1.29, 1.82) is 0 Å². The van der Waals surface area contributed by atoms with Crippen LogP contribution in [0.4, 0.5) is 0 Å². The number of hydrogen-bond donors (Lipinski definition) is 1. The molecule has 0 amide bonds. The zero-order valence-electron chi connectivity index (χ0n) is 11.8. The van der Waals surface area contributed by atoms with E-state index >= 15 is 0 Å². The number of thiazole rings is 1. The predicted molar refractivity (Wildman–Crippen MR) is 76.6 cm³/mol. The zero-order valence-corrected chi connectivity index (χ0v) is 12.6. The van der Waals surface area contributed by atoms with Crippen molar-refractivity contribution < 1.29 is 0 Å². The molecule has 0 aliphatic rings. The van der Waals surface area contributed by atoms with Crippen molar-refractivity contribution in [2.45, 2.75) is 66.0 Å². The van der Waals surface area contributed by atoms with Crippen LogP contribution in [0.15, 0.2) is 5.38 Å². The molecule has 1 heterocycles. The second-order valence-electron chi connectivity index (χ2n) is 5.07. The van der Waals surface area contributed by atoms with E-state index in [0.29, 0.717) is 12.1 Å². The smallest absolute Gasteiger partial charge is 0.110 e. The first-order valence-electron chi connectivity index (χ1n) is 6.74. The highest BCUT2D eigenvalue weighted by atomic mass is 32.1. The molecule has 3 unspecified atom stereocenters. The molecule has 0 spiro atoms. The van der Waals surface area contributed by atoms with Gasteiger partial charge < -0.3 is 5.32 Å². The average molecular weight is 254 g/mol. The second-order valence-corrected chi connectivity index (χ2v) is 5.96. The quantitative estimate of drug-likeness (QED) is 0.784. The fourth-order valence-electron chi connectivity index (χ4n) is 2.00. The molecule has 0 fully saturated rings. The molecule has 1 N–H and O–H groups in total. The van der Waals surface area contributed by atoms with E-state index in [1.165, 1.54) is 24.3 Å². The maximum Gasteiger partial charge on any atom is 0.110 e. The third kappa shape index (κ3) is 4.76. The van der Waals surface area contributed by atoms with Crippen molar-refractivity contribution >= 4 is 11.3 Å². The van der Waals surface area contributed by atoms with Crippen molar-refractivity contribution in [2.75, 3.05) is 0 Å². The second kappa shape index (κ2) is 7.12. The topological polar surface area (TPSA) is 24.9 Å². The summed E-state index contributed by atoms with van der Waals surface area (Å²) in [6, 6.07) is 0.992. The number of aromatic nitrogens is 1. The Morgan fingerprint density at radius 2 is 2.00 bits per heavy atom. The van der Waals surface area contributed by atoms with Gasteiger partial charge in [-0.2, -0.15) is 0 Å². The summed E-state index contributed by atoms with van der Waals surface area (Å²) in [7, 11) is 0. The number of aryl methyl sites for hydroxylation is 1. The van der Waals surface area contributed by atoms with Crippen LogP contribution in [0.1, 0.15) is 63.7 Å². The van der Waals surface area contributed by atoms with Crippen LogP contribution >= 0.6 is 11.3 Å². The molecule has 1 aromatic rings. The van der Waals surface area contributed by atoms with Gasteiger partial charge in [0.1, 0.15) is 5.01 Å². The summed E-state index contributed by atoms with van der Waals surface area (Å²) in [6.07, 6.45) is 3.73. The van der Waals surface area contributed by atoms with Gasteiger partial charge >= 0.3 is 0 Å². The summed E-state index contributed by atoms with van der Waals surface area (Å²) >= 11 is 1.76. The minimum Gasteiger partial charge on any atom is -0.305 e. The van der Waals surface area contributed by atoms with Crippen LogP contribution in [0, 0.1) is 12.8 Å². The normalized spacial score (nSPS) is 16.8. The Morgan fingerprint density at radius 1 is 1.29 bits per heavy atom. The lowest BCUT2D eigenvalue weighted by molar-refractivity contribution is 0.358. The van der Waals surface area contributed by atoms with E-state index in [0.717, 1.165) is 11.6 Å². The van der Waals surface area contributed by atoms with Gasteiger partial charge in [-0.05, 0) is 32.6 Å². The monoisotopic (exact) mass is 254 g/mol. The van der Waals surface area contributed by atoms with Gasteiger partial charge in [-0.3, -0.25) is 0 Å². The first-order chi connectivity index (χ1) is 8.06.